The molecule has 0 unspecified atom stereocenters. The third-order valence-electron chi connectivity index (χ3n) is 1.88. The summed E-state index contributed by atoms with van der Waals surface area (Å²) in [6, 6.07) is 0. The van der Waals surface area contributed by atoms with E-state index in [-0.39, 0.29) is 0 Å². The minimum atomic E-state index is -1.03. The Hall–Kier alpha value is -0.168. The quantitative estimate of drug-likeness (QED) is 0.573. The van der Waals surface area contributed by atoms with Gasteiger partial charge in [-0.05, 0) is 13.3 Å². The number of aryl methyl sites for hydroxylation is 2. The van der Waals surface area contributed by atoms with E-state index in [2.05, 4.69) is 51.8 Å². The standard InChI is InChI=1S/C9H17N2.Al.ClH.O/c1-3-5-6-11-8-7-10(4-2)9-11;;;/h7-9H,3-6H2,1-2H3;;1H;/q2*+1;;/p-1. The molecule has 0 aliphatic rings. The van der Waals surface area contributed by atoms with Crippen molar-refractivity contribution >= 4 is 24.3 Å². The summed E-state index contributed by atoms with van der Waals surface area (Å²) in [6.07, 6.45) is 8.97. The maximum atomic E-state index is 8.78. The molecule has 0 radical (unpaired) electrons. The van der Waals surface area contributed by atoms with Gasteiger partial charge in [0.05, 0.1) is 13.1 Å². The molecule has 14 heavy (non-hydrogen) atoms. The molecule has 0 spiro atoms. The van der Waals surface area contributed by atoms with Gasteiger partial charge in [0.25, 0.3) is 0 Å². The van der Waals surface area contributed by atoms with Crippen LogP contribution in [0.15, 0.2) is 18.7 Å². The van der Waals surface area contributed by atoms with Gasteiger partial charge in [0, 0.05) is 0 Å². The van der Waals surface area contributed by atoms with Gasteiger partial charge in [0.15, 0.2) is 0 Å². The average Bonchev–Trinajstić information content (AvgIpc) is 2.63. The SMILES string of the molecule is CCCC[n+]1ccn(CC)c1.[O]=[Al][Cl]. The van der Waals surface area contributed by atoms with E-state index in [1.54, 1.807) is 0 Å². The normalized spacial score (nSPS) is 8.79. The summed E-state index contributed by atoms with van der Waals surface area (Å²) < 4.78 is 13.2. The molecule has 0 aliphatic heterocycles. The van der Waals surface area contributed by atoms with E-state index in [4.69, 9.17) is 3.80 Å². The Kier molecular flexibility index (Phi) is 9.28. The van der Waals surface area contributed by atoms with Gasteiger partial charge in [-0.2, -0.15) is 0 Å². The Labute approximate surface area is 95.8 Å². The van der Waals surface area contributed by atoms with E-state index in [0.29, 0.717) is 0 Å². The summed E-state index contributed by atoms with van der Waals surface area (Å²) in [5.41, 5.74) is 0. The molecule has 1 aromatic heterocycles. The molecule has 1 aromatic rings. The predicted octanol–water partition coefficient (Wildman–Crippen LogP) is 1.79. The number of imidazole rings is 1. The van der Waals surface area contributed by atoms with E-state index >= 15 is 0 Å². The van der Waals surface area contributed by atoms with Crippen LogP contribution in [0.2, 0.25) is 0 Å². The van der Waals surface area contributed by atoms with Gasteiger partial charge in [-0.15, -0.1) is 0 Å². The molecular formula is C9H17AlClN2O+. The Balaban J connectivity index is 0.000000500. The molecule has 1 rings (SSSR count). The summed E-state index contributed by atoms with van der Waals surface area (Å²) >= 11 is -1.03. The Morgan fingerprint density at radius 1 is 1.50 bits per heavy atom. The van der Waals surface area contributed by atoms with Crippen molar-refractivity contribution in [3.05, 3.63) is 18.7 Å². The topological polar surface area (TPSA) is 25.9 Å². The van der Waals surface area contributed by atoms with Gasteiger partial charge >= 0.3 is 28.1 Å². The summed E-state index contributed by atoms with van der Waals surface area (Å²) in [5.74, 6) is 0. The first kappa shape index (κ1) is 13.8. The van der Waals surface area contributed by atoms with Crippen LogP contribution in [0.25, 0.3) is 0 Å². The Morgan fingerprint density at radius 2 is 2.14 bits per heavy atom. The molecule has 0 atom stereocenters. The van der Waals surface area contributed by atoms with Crippen LogP contribution >= 0.6 is 10.0 Å². The zero-order valence-electron chi connectivity index (χ0n) is 8.82. The molecule has 0 bridgehead atoms. The van der Waals surface area contributed by atoms with Crippen molar-refractivity contribution in [1.29, 1.82) is 0 Å². The zero-order valence-corrected chi connectivity index (χ0v) is 10.7. The molecule has 0 saturated carbocycles. The summed E-state index contributed by atoms with van der Waals surface area (Å²) in [5, 5.41) is 0. The van der Waals surface area contributed by atoms with Gasteiger partial charge in [-0.25, -0.2) is 9.13 Å². The van der Waals surface area contributed by atoms with Crippen LogP contribution in [0.1, 0.15) is 26.7 Å². The molecule has 1 heterocycles. The number of rotatable bonds is 4. The van der Waals surface area contributed by atoms with Crippen molar-refractivity contribution in [3.63, 3.8) is 0 Å². The second kappa shape index (κ2) is 9.39. The van der Waals surface area contributed by atoms with Gasteiger partial charge in [-0.1, -0.05) is 13.3 Å². The molecule has 0 aromatic carbocycles. The zero-order chi connectivity index (χ0) is 10.8. The molecule has 3 nitrogen and oxygen atoms in total. The van der Waals surface area contributed by atoms with Crippen molar-refractivity contribution in [2.45, 2.75) is 39.8 Å². The number of hydrogen-bond donors (Lipinski definition) is 0. The van der Waals surface area contributed by atoms with Gasteiger partial charge in [0.2, 0.25) is 6.33 Å². The maximum absolute atomic E-state index is 8.78. The van der Waals surface area contributed by atoms with E-state index in [9.17, 15) is 0 Å². The summed E-state index contributed by atoms with van der Waals surface area (Å²) in [6.45, 7) is 6.60. The number of hydrogen-bond acceptors (Lipinski definition) is 1. The molecule has 0 aliphatic carbocycles. The molecule has 78 valence electrons. The van der Waals surface area contributed by atoms with Gasteiger partial charge in [0.1, 0.15) is 12.4 Å². The number of aromatic nitrogens is 2. The minimum absolute atomic E-state index is 1.03. The van der Waals surface area contributed by atoms with E-state index < -0.39 is 14.2 Å². The number of halogens is 1. The van der Waals surface area contributed by atoms with Crippen LogP contribution in [0, 0.1) is 0 Å². The summed E-state index contributed by atoms with van der Waals surface area (Å²) in [4.78, 5) is 0. The van der Waals surface area contributed by atoms with Gasteiger partial charge < -0.3 is 0 Å². The van der Waals surface area contributed by atoms with Crippen LogP contribution in [0.3, 0.4) is 0 Å². The summed E-state index contributed by atoms with van der Waals surface area (Å²) in [7, 11) is 4.53. The van der Waals surface area contributed by atoms with Crippen LogP contribution in [-0.2, 0) is 16.9 Å². The monoisotopic (exact) mass is 231 g/mol. The molecular weight excluding hydrogens is 215 g/mol. The van der Waals surface area contributed by atoms with Crippen molar-refractivity contribution in [2.75, 3.05) is 0 Å². The van der Waals surface area contributed by atoms with Crippen LogP contribution in [0.5, 0.6) is 0 Å². The average molecular weight is 232 g/mol. The number of nitrogens with zero attached hydrogens (tertiary/aromatic N) is 2. The van der Waals surface area contributed by atoms with Crippen molar-refractivity contribution in [3.8, 4) is 0 Å². The van der Waals surface area contributed by atoms with E-state index in [1.807, 2.05) is 0 Å². The molecule has 0 amide bonds. The van der Waals surface area contributed by atoms with Crippen LogP contribution in [0.4, 0.5) is 0 Å². The van der Waals surface area contributed by atoms with Crippen LogP contribution < -0.4 is 4.57 Å². The number of unbranched alkanes of at least 4 members (excludes halogenated alkanes) is 1. The molecule has 0 saturated heterocycles. The first-order chi connectivity index (χ1) is 6.78. The van der Waals surface area contributed by atoms with Crippen molar-refractivity contribution in [1.82, 2.24) is 4.57 Å². The predicted molar refractivity (Wildman–Crippen MR) is 57.5 cm³/mol. The second-order valence-electron chi connectivity index (χ2n) is 2.92. The van der Waals surface area contributed by atoms with Crippen molar-refractivity contribution < 1.29 is 8.37 Å². The van der Waals surface area contributed by atoms with E-state index in [0.717, 1.165) is 13.1 Å². The molecule has 5 heteroatoms. The fourth-order valence-corrected chi connectivity index (χ4v) is 1.10. The second-order valence-corrected chi connectivity index (χ2v) is 3.64. The fourth-order valence-electron chi connectivity index (χ4n) is 1.10. The van der Waals surface area contributed by atoms with Crippen molar-refractivity contribution in [2.24, 2.45) is 0 Å². The Bertz CT molecular complexity index is 253. The van der Waals surface area contributed by atoms with Crippen LogP contribution in [-0.4, -0.2) is 18.8 Å². The molecule has 0 N–H and O–H groups in total. The first-order valence-corrected chi connectivity index (χ1v) is 7.08. The first-order valence-electron chi connectivity index (χ1n) is 4.87. The van der Waals surface area contributed by atoms with E-state index in [1.165, 1.54) is 12.8 Å². The Morgan fingerprint density at radius 3 is 2.57 bits per heavy atom. The third kappa shape index (κ3) is 6.31. The molecule has 0 fully saturated rings. The third-order valence-corrected chi connectivity index (χ3v) is 1.88. The fraction of sp³-hybridized carbons (Fsp3) is 0.667. The van der Waals surface area contributed by atoms with Gasteiger partial charge in [-0.3, -0.25) is 0 Å².